The molecule has 4 rings (SSSR count). The number of carboxylic acid groups (broad SMARTS) is 1. The molecule has 1 unspecified atom stereocenters. The number of aliphatic carboxylic acids is 1. The molecule has 0 spiro atoms. The summed E-state index contributed by atoms with van der Waals surface area (Å²) in [6.07, 6.45) is 18.1. The molecule has 0 aliphatic heterocycles. The largest absolute Gasteiger partial charge is 0.478 e. The van der Waals surface area contributed by atoms with Gasteiger partial charge in [-0.2, -0.15) is 0 Å². The molecule has 0 aromatic heterocycles. The fourth-order valence-electron chi connectivity index (χ4n) is 12.1. The summed E-state index contributed by atoms with van der Waals surface area (Å²) >= 11 is 0. The Labute approximate surface area is 326 Å². The summed E-state index contributed by atoms with van der Waals surface area (Å²) in [5.74, 6) is 5.46. The minimum Gasteiger partial charge on any atom is -0.478 e. The molecule has 302 valence electrons. The van der Waals surface area contributed by atoms with E-state index in [-0.39, 0.29) is 0 Å². The van der Waals surface area contributed by atoms with Gasteiger partial charge in [0.2, 0.25) is 0 Å². The fourth-order valence-corrected chi connectivity index (χ4v) is 16.0. The van der Waals surface area contributed by atoms with Crippen LogP contribution in [0.1, 0.15) is 154 Å². The van der Waals surface area contributed by atoms with E-state index >= 15 is 0 Å². The molecule has 4 fully saturated rings. The highest BCUT2D eigenvalue weighted by molar-refractivity contribution is 6.73. The number of carbonyl (C=O) groups is 1. The first-order chi connectivity index (χ1) is 24.6. The van der Waals surface area contributed by atoms with Crippen molar-refractivity contribution in [3.8, 4) is 0 Å². The summed E-state index contributed by atoms with van der Waals surface area (Å²) in [4.78, 5) is 11.0. The van der Waals surface area contributed by atoms with Crippen LogP contribution in [0.5, 0.6) is 0 Å². The second kappa shape index (κ2) is 22.2. The molecule has 0 saturated heterocycles. The van der Waals surface area contributed by atoms with Gasteiger partial charge in [0, 0.05) is 12.2 Å². The Bertz CT molecular complexity index is 1100. The van der Waals surface area contributed by atoms with Gasteiger partial charge in [0.05, 0.1) is 0 Å². The fraction of sp³-hybridized carbons (Fsp3) is 0.932. The van der Waals surface area contributed by atoms with Gasteiger partial charge in [0.1, 0.15) is 0 Å². The Hall–Kier alpha value is -0.579. The van der Waals surface area contributed by atoms with E-state index in [2.05, 4.69) is 55.4 Å². The lowest BCUT2D eigenvalue weighted by atomic mass is 9.41. The summed E-state index contributed by atoms with van der Waals surface area (Å²) in [7, 11) is -3.94. The van der Waals surface area contributed by atoms with Crippen molar-refractivity contribution in [2.24, 2.45) is 58.2 Å². The summed E-state index contributed by atoms with van der Waals surface area (Å²) in [6.45, 7) is 27.9. The van der Waals surface area contributed by atoms with E-state index in [1.165, 1.54) is 82.0 Å². The maximum Gasteiger partial charge on any atom is 0.327 e. The van der Waals surface area contributed by atoms with Gasteiger partial charge in [-0.15, -0.1) is 0 Å². The first-order valence-corrected chi connectivity index (χ1v) is 28.4. The number of carboxylic acids is 1. The minimum atomic E-state index is -1.71. The van der Waals surface area contributed by atoms with E-state index < -0.39 is 31.7 Å². The van der Waals surface area contributed by atoms with Crippen LogP contribution in [-0.2, 0) is 18.1 Å². The SMILES string of the molecule is CC[C@@H]1CC[C@@]2(C)[C@@H](C1)C[C@@H](O[Si](CC)(CC)CC)C1[C@@H]2C[C@H](CC)[C@]2(C)[C@@H]([C@H](C)CCC=CC(=O)O)CC[C@@H]12.CC[Si](=O)CC.CC[Si](=O)CC. The van der Waals surface area contributed by atoms with Crippen LogP contribution in [0.2, 0.25) is 42.3 Å². The third-order valence-corrected chi connectivity index (χ3v) is 23.7. The van der Waals surface area contributed by atoms with Gasteiger partial charge in [-0.05, 0) is 158 Å². The van der Waals surface area contributed by atoms with Crippen LogP contribution in [-0.4, -0.2) is 42.9 Å². The summed E-state index contributed by atoms with van der Waals surface area (Å²) in [5, 5.41) is 9.06. The average molecular weight is 777 g/mol. The van der Waals surface area contributed by atoms with Gasteiger partial charge in [0.15, 0.2) is 8.32 Å². The number of fused-ring (bicyclic) bond motifs is 5. The highest BCUT2D eigenvalue weighted by Crippen LogP contribution is 2.71. The van der Waals surface area contributed by atoms with E-state index in [1.54, 1.807) is 0 Å². The van der Waals surface area contributed by atoms with Crippen molar-refractivity contribution in [1.29, 1.82) is 0 Å². The third-order valence-electron chi connectivity index (χ3n) is 15.9. The predicted octanol–water partition coefficient (Wildman–Crippen LogP) is 13.3. The molecule has 4 aliphatic carbocycles. The smallest absolute Gasteiger partial charge is 0.327 e. The summed E-state index contributed by atoms with van der Waals surface area (Å²) in [5.41, 5.74) is 0.872. The Kier molecular flexibility index (Phi) is 20.3. The second-order valence-electron chi connectivity index (χ2n) is 17.9. The molecule has 8 heteroatoms. The van der Waals surface area contributed by atoms with Gasteiger partial charge in [-0.1, -0.05) is 102 Å². The zero-order valence-corrected chi connectivity index (χ0v) is 39.2. The molecule has 52 heavy (non-hydrogen) atoms. The topological polar surface area (TPSA) is 80.7 Å². The van der Waals surface area contributed by atoms with Gasteiger partial charge in [-0.25, -0.2) is 4.79 Å². The zero-order chi connectivity index (χ0) is 39.3. The minimum absolute atomic E-state index is 0.381. The molecular formula is C44H84O5Si3. The average Bonchev–Trinajstić information content (AvgIpc) is 3.52. The van der Waals surface area contributed by atoms with Crippen LogP contribution in [0.25, 0.3) is 0 Å². The van der Waals surface area contributed by atoms with Crippen LogP contribution in [0.4, 0.5) is 0 Å². The quantitative estimate of drug-likeness (QED) is 0.125. The monoisotopic (exact) mass is 777 g/mol. The number of allylic oxidation sites excluding steroid dienone is 1. The van der Waals surface area contributed by atoms with Crippen LogP contribution in [0, 0.1) is 58.2 Å². The Balaban J connectivity index is 0.000000671. The van der Waals surface area contributed by atoms with Crippen LogP contribution in [0.3, 0.4) is 0 Å². The van der Waals surface area contributed by atoms with Crippen molar-refractivity contribution in [1.82, 2.24) is 0 Å². The van der Waals surface area contributed by atoms with E-state index in [0.717, 1.165) is 78.4 Å². The predicted molar refractivity (Wildman–Crippen MR) is 226 cm³/mol. The maximum atomic E-state index is 11.0. The van der Waals surface area contributed by atoms with Gasteiger partial charge in [-0.3, -0.25) is 0 Å². The molecule has 0 aromatic carbocycles. The summed E-state index contributed by atoms with van der Waals surface area (Å²) in [6, 6.07) is 7.29. The summed E-state index contributed by atoms with van der Waals surface area (Å²) < 4.78 is 28.4. The van der Waals surface area contributed by atoms with E-state index in [4.69, 9.17) is 9.53 Å². The van der Waals surface area contributed by atoms with Crippen molar-refractivity contribution in [2.45, 2.75) is 202 Å². The van der Waals surface area contributed by atoms with Crippen molar-refractivity contribution < 1.29 is 23.3 Å². The molecule has 4 aliphatic rings. The molecule has 5 nitrogen and oxygen atoms in total. The van der Waals surface area contributed by atoms with E-state index in [0.29, 0.717) is 22.9 Å². The Morgan fingerprint density at radius 2 is 1.40 bits per heavy atom. The molecule has 0 aromatic rings. The lowest BCUT2D eigenvalue weighted by Gasteiger charge is -2.66. The van der Waals surface area contributed by atoms with Crippen LogP contribution < -0.4 is 0 Å². The standard InChI is InChI=1S/C36H64O3Si.2C4H10OSi/c1-9-26-20-21-35(7)28(22-26)24-32(39-40(11-3,12-4)13-5)34-30-19-18-29(25(6)16-14-15-17-33(37)38)36(30,8)27(10-2)23-31(34)35;2*1-3-6(5)4-2/h15,17,25-32,34H,9-14,16,18-24H2,1-8H3,(H,37,38);2*3-4H2,1-2H3/t25-,26-,27+,28+,29-,30+,31+,32-,34?,35+,36-;;/m1../s1. The second-order valence-corrected chi connectivity index (χ2v) is 27.6. The molecule has 0 bridgehead atoms. The zero-order valence-electron chi connectivity index (χ0n) is 36.2. The van der Waals surface area contributed by atoms with Crippen LogP contribution in [0.15, 0.2) is 12.2 Å². The Morgan fingerprint density at radius 1 is 0.827 bits per heavy atom. The molecule has 11 atom stereocenters. The number of hydrogen-bond acceptors (Lipinski definition) is 4. The van der Waals surface area contributed by atoms with Gasteiger partial charge < -0.3 is 18.5 Å². The van der Waals surface area contributed by atoms with E-state index in [9.17, 15) is 13.7 Å². The lowest BCUT2D eigenvalue weighted by Crippen LogP contribution is -2.62. The van der Waals surface area contributed by atoms with Crippen molar-refractivity contribution in [2.75, 3.05) is 0 Å². The molecule has 4 saturated carbocycles. The first kappa shape index (κ1) is 47.6. The Morgan fingerprint density at radius 3 is 1.87 bits per heavy atom. The van der Waals surface area contributed by atoms with E-state index in [1.807, 2.05) is 33.8 Å². The maximum absolute atomic E-state index is 11.0. The first-order valence-electron chi connectivity index (χ1n) is 22.3. The lowest BCUT2D eigenvalue weighted by molar-refractivity contribution is -0.185. The molecule has 1 N–H and O–H groups in total. The molecule has 0 radical (unpaired) electrons. The highest BCUT2D eigenvalue weighted by Gasteiger charge is 2.66. The van der Waals surface area contributed by atoms with Gasteiger partial charge in [0.25, 0.3) is 17.4 Å². The molecule has 0 amide bonds. The number of hydrogen-bond donors (Lipinski definition) is 1. The van der Waals surface area contributed by atoms with Crippen molar-refractivity contribution >= 4 is 31.7 Å². The van der Waals surface area contributed by atoms with Gasteiger partial charge >= 0.3 is 5.97 Å². The van der Waals surface area contributed by atoms with Crippen molar-refractivity contribution in [3.63, 3.8) is 0 Å². The van der Waals surface area contributed by atoms with Crippen LogP contribution >= 0.6 is 0 Å². The molecular weight excluding hydrogens is 693 g/mol. The normalized spacial score (nSPS) is 34.5. The third kappa shape index (κ3) is 11.3. The van der Waals surface area contributed by atoms with Crippen molar-refractivity contribution in [3.05, 3.63) is 12.2 Å². The molecule has 0 heterocycles. The number of rotatable bonds is 16. The highest BCUT2D eigenvalue weighted by atomic mass is 28.4.